The Morgan fingerprint density at radius 3 is 2.36 bits per heavy atom. The fourth-order valence-corrected chi connectivity index (χ4v) is 4.02. The second kappa shape index (κ2) is 10.6. The van der Waals surface area contributed by atoms with Crippen LogP contribution in [0.15, 0.2) is 53.4 Å². The molecule has 8 heteroatoms. The Morgan fingerprint density at radius 1 is 1.11 bits per heavy atom. The zero-order valence-electron chi connectivity index (χ0n) is 15.9. The normalized spacial score (nSPS) is 12.5. The highest BCUT2D eigenvalue weighted by molar-refractivity contribution is 7.89. The van der Waals surface area contributed by atoms with Gasteiger partial charge in [0.05, 0.1) is 11.5 Å². The second-order valence-electron chi connectivity index (χ2n) is 6.53. The molecule has 0 aromatic heterocycles. The molecule has 2 aromatic carbocycles. The molecule has 2 aromatic rings. The van der Waals surface area contributed by atoms with Crippen molar-refractivity contribution in [1.82, 2.24) is 4.72 Å². The van der Waals surface area contributed by atoms with Crippen LogP contribution in [0.1, 0.15) is 25.3 Å². The van der Waals surface area contributed by atoms with Gasteiger partial charge in [-0.1, -0.05) is 23.7 Å². The van der Waals surface area contributed by atoms with E-state index in [0.29, 0.717) is 23.6 Å². The molecule has 0 radical (unpaired) electrons. The number of rotatable bonds is 10. The van der Waals surface area contributed by atoms with Crippen molar-refractivity contribution < 1.29 is 17.9 Å². The van der Waals surface area contributed by atoms with Gasteiger partial charge in [0.25, 0.3) is 0 Å². The van der Waals surface area contributed by atoms with Crippen LogP contribution in [0.25, 0.3) is 0 Å². The van der Waals surface area contributed by atoms with Gasteiger partial charge < -0.3 is 10.1 Å². The maximum absolute atomic E-state index is 12.3. The first-order chi connectivity index (χ1) is 13.3. The Labute approximate surface area is 171 Å². The SMILES string of the molecule is COCC(C)NS(=O)(=O)c1ccc(NC(=O)CCCc2ccc(Cl)cc2)cc1. The summed E-state index contributed by atoms with van der Waals surface area (Å²) in [7, 11) is -2.12. The quantitative estimate of drug-likeness (QED) is 0.610. The monoisotopic (exact) mass is 424 g/mol. The highest BCUT2D eigenvalue weighted by Gasteiger charge is 2.17. The van der Waals surface area contributed by atoms with E-state index in [1.54, 1.807) is 19.1 Å². The summed E-state index contributed by atoms with van der Waals surface area (Å²) in [5.74, 6) is -0.114. The van der Waals surface area contributed by atoms with Crippen LogP contribution in [0.4, 0.5) is 5.69 Å². The maximum atomic E-state index is 12.3. The molecule has 0 saturated carbocycles. The van der Waals surface area contributed by atoms with E-state index in [2.05, 4.69) is 10.0 Å². The lowest BCUT2D eigenvalue weighted by Gasteiger charge is -2.13. The molecule has 6 nitrogen and oxygen atoms in total. The summed E-state index contributed by atoms with van der Waals surface area (Å²) in [6, 6.07) is 13.3. The van der Waals surface area contributed by atoms with Crippen molar-refractivity contribution in [2.24, 2.45) is 0 Å². The summed E-state index contributed by atoms with van der Waals surface area (Å²) >= 11 is 5.85. The van der Waals surface area contributed by atoms with Crippen LogP contribution in [0.2, 0.25) is 5.02 Å². The van der Waals surface area contributed by atoms with E-state index in [0.717, 1.165) is 12.0 Å². The van der Waals surface area contributed by atoms with Crippen LogP contribution in [-0.2, 0) is 26.0 Å². The zero-order valence-corrected chi connectivity index (χ0v) is 17.5. The van der Waals surface area contributed by atoms with Crippen molar-refractivity contribution in [3.05, 3.63) is 59.1 Å². The predicted octanol–water partition coefficient (Wildman–Crippen LogP) is 3.61. The van der Waals surface area contributed by atoms with Gasteiger partial charge in [-0.3, -0.25) is 4.79 Å². The summed E-state index contributed by atoms with van der Waals surface area (Å²) in [6.07, 6.45) is 1.87. The fraction of sp³-hybridized carbons (Fsp3) is 0.350. The van der Waals surface area contributed by atoms with E-state index in [1.165, 1.54) is 19.2 Å². The number of nitrogens with one attached hydrogen (secondary N) is 2. The van der Waals surface area contributed by atoms with Crippen molar-refractivity contribution in [3.8, 4) is 0 Å². The molecule has 1 amide bonds. The number of ether oxygens (including phenoxy) is 1. The molecule has 0 aliphatic heterocycles. The molecule has 28 heavy (non-hydrogen) atoms. The highest BCUT2D eigenvalue weighted by atomic mass is 35.5. The number of hydrogen-bond donors (Lipinski definition) is 2. The Bertz CT molecular complexity index is 868. The summed E-state index contributed by atoms with van der Waals surface area (Å²) in [5.41, 5.74) is 1.68. The lowest BCUT2D eigenvalue weighted by molar-refractivity contribution is -0.116. The van der Waals surface area contributed by atoms with Gasteiger partial charge in [-0.15, -0.1) is 0 Å². The molecule has 0 saturated heterocycles. The molecule has 1 unspecified atom stereocenters. The van der Waals surface area contributed by atoms with Crippen LogP contribution in [0, 0.1) is 0 Å². The van der Waals surface area contributed by atoms with Gasteiger partial charge in [0.2, 0.25) is 15.9 Å². The third kappa shape index (κ3) is 7.24. The Balaban J connectivity index is 1.84. The summed E-state index contributed by atoms with van der Waals surface area (Å²) in [6.45, 7) is 2.00. The molecule has 0 aliphatic rings. The number of hydrogen-bond acceptors (Lipinski definition) is 4. The highest BCUT2D eigenvalue weighted by Crippen LogP contribution is 2.16. The number of aryl methyl sites for hydroxylation is 1. The van der Waals surface area contributed by atoms with Crippen molar-refractivity contribution in [2.75, 3.05) is 19.0 Å². The van der Waals surface area contributed by atoms with Gasteiger partial charge in [0.1, 0.15) is 0 Å². The van der Waals surface area contributed by atoms with Gasteiger partial charge in [-0.25, -0.2) is 13.1 Å². The molecule has 0 aliphatic carbocycles. The first kappa shape index (κ1) is 22.4. The Hall–Kier alpha value is -1.93. The number of benzene rings is 2. The first-order valence-electron chi connectivity index (χ1n) is 8.96. The Morgan fingerprint density at radius 2 is 1.75 bits per heavy atom. The van der Waals surface area contributed by atoms with Crippen molar-refractivity contribution in [1.29, 1.82) is 0 Å². The van der Waals surface area contributed by atoms with Gasteiger partial charge in [0, 0.05) is 30.3 Å². The number of amides is 1. The average molecular weight is 425 g/mol. The first-order valence-corrected chi connectivity index (χ1v) is 10.8. The molecule has 1 atom stereocenters. The number of methoxy groups -OCH3 is 1. The maximum Gasteiger partial charge on any atom is 0.240 e. The molecule has 0 spiro atoms. The molecular formula is C20H25ClN2O4S. The molecule has 0 fully saturated rings. The van der Waals surface area contributed by atoms with E-state index in [-0.39, 0.29) is 23.5 Å². The lowest BCUT2D eigenvalue weighted by Crippen LogP contribution is -2.35. The summed E-state index contributed by atoms with van der Waals surface area (Å²) < 4.78 is 32.0. The van der Waals surface area contributed by atoms with E-state index >= 15 is 0 Å². The third-order valence-electron chi connectivity index (χ3n) is 4.00. The number of carbonyl (C=O) groups is 1. The molecule has 2 N–H and O–H groups in total. The predicted molar refractivity (Wildman–Crippen MR) is 111 cm³/mol. The molecule has 0 heterocycles. The van der Waals surface area contributed by atoms with Crippen LogP contribution < -0.4 is 10.0 Å². The zero-order chi connectivity index (χ0) is 20.6. The van der Waals surface area contributed by atoms with Crippen molar-refractivity contribution in [2.45, 2.75) is 37.1 Å². The van der Waals surface area contributed by atoms with Crippen LogP contribution >= 0.6 is 11.6 Å². The molecule has 2 rings (SSSR count). The Kier molecular flexibility index (Phi) is 8.44. The van der Waals surface area contributed by atoms with Crippen molar-refractivity contribution in [3.63, 3.8) is 0 Å². The number of halogens is 1. The van der Waals surface area contributed by atoms with Crippen molar-refractivity contribution >= 4 is 33.2 Å². The van der Waals surface area contributed by atoms with Gasteiger partial charge in [0.15, 0.2) is 0 Å². The average Bonchev–Trinajstić information content (AvgIpc) is 2.63. The summed E-state index contributed by atoms with van der Waals surface area (Å²) in [5, 5.41) is 3.47. The largest absolute Gasteiger partial charge is 0.383 e. The van der Waals surface area contributed by atoms with Crippen LogP contribution in [-0.4, -0.2) is 34.1 Å². The topological polar surface area (TPSA) is 84.5 Å². The minimum Gasteiger partial charge on any atom is -0.383 e. The fourth-order valence-electron chi connectivity index (χ4n) is 2.66. The van der Waals surface area contributed by atoms with E-state index in [4.69, 9.17) is 16.3 Å². The van der Waals surface area contributed by atoms with Gasteiger partial charge >= 0.3 is 0 Å². The molecular weight excluding hydrogens is 400 g/mol. The lowest BCUT2D eigenvalue weighted by atomic mass is 10.1. The second-order valence-corrected chi connectivity index (χ2v) is 8.68. The number of sulfonamides is 1. The summed E-state index contributed by atoms with van der Waals surface area (Å²) in [4.78, 5) is 12.2. The third-order valence-corrected chi connectivity index (χ3v) is 5.86. The molecule has 152 valence electrons. The van der Waals surface area contributed by atoms with E-state index in [9.17, 15) is 13.2 Å². The van der Waals surface area contributed by atoms with Gasteiger partial charge in [-0.2, -0.15) is 0 Å². The number of anilines is 1. The van der Waals surface area contributed by atoms with E-state index in [1.807, 2.05) is 24.3 Å². The van der Waals surface area contributed by atoms with E-state index < -0.39 is 10.0 Å². The van der Waals surface area contributed by atoms with Crippen LogP contribution in [0.3, 0.4) is 0 Å². The minimum atomic E-state index is -3.63. The van der Waals surface area contributed by atoms with Gasteiger partial charge in [-0.05, 0) is 61.7 Å². The smallest absolute Gasteiger partial charge is 0.240 e. The molecule has 0 bridgehead atoms. The van der Waals surface area contributed by atoms with Crippen LogP contribution in [0.5, 0.6) is 0 Å². The standard InChI is InChI=1S/C20H25ClN2O4S/c1-15(14-27-2)23-28(25,26)19-12-10-18(11-13-19)22-20(24)5-3-4-16-6-8-17(21)9-7-16/h6-13,15,23H,3-5,14H2,1-2H3,(H,22,24). The minimum absolute atomic E-state index is 0.114. The number of carbonyl (C=O) groups excluding carboxylic acids is 1.